The van der Waals surface area contributed by atoms with Gasteiger partial charge in [-0.15, -0.1) is 0 Å². The summed E-state index contributed by atoms with van der Waals surface area (Å²) in [4.78, 5) is 10.8. The van der Waals surface area contributed by atoms with Crippen molar-refractivity contribution in [3.05, 3.63) is 59.4 Å². The number of rotatable bonds is 2. The van der Waals surface area contributed by atoms with Crippen molar-refractivity contribution in [3.8, 4) is 11.3 Å². The Morgan fingerprint density at radius 3 is 2.74 bits per heavy atom. The van der Waals surface area contributed by atoms with E-state index in [-0.39, 0.29) is 5.56 Å². The number of aryl methyl sites for hydroxylation is 1. The van der Waals surface area contributed by atoms with Crippen LogP contribution < -0.4 is 0 Å². The molecule has 0 unspecified atom stereocenters. The van der Waals surface area contributed by atoms with Crippen molar-refractivity contribution in [3.63, 3.8) is 0 Å². The molecule has 94 valence electrons. The van der Waals surface area contributed by atoms with Gasteiger partial charge in [-0.25, -0.2) is 4.39 Å². The SMILES string of the molecule is Cc1cccc2cc(-c3ccc(F)c(C=O)c3)oc12. The Labute approximate surface area is 109 Å². The lowest BCUT2D eigenvalue weighted by Crippen LogP contribution is -1.87. The topological polar surface area (TPSA) is 30.2 Å². The lowest BCUT2D eigenvalue weighted by atomic mass is 10.1. The zero-order valence-electron chi connectivity index (χ0n) is 10.3. The second-order valence-corrected chi connectivity index (χ2v) is 4.46. The molecule has 0 fully saturated rings. The van der Waals surface area contributed by atoms with Crippen LogP contribution in [0.4, 0.5) is 4.39 Å². The molecule has 0 aliphatic carbocycles. The fourth-order valence-electron chi connectivity index (χ4n) is 2.14. The number of hydrogen-bond donors (Lipinski definition) is 0. The highest BCUT2D eigenvalue weighted by atomic mass is 19.1. The van der Waals surface area contributed by atoms with Crippen LogP contribution in [0.25, 0.3) is 22.3 Å². The second kappa shape index (κ2) is 4.35. The number of fused-ring (bicyclic) bond motifs is 1. The highest BCUT2D eigenvalue weighted by Gasteiger charge is 2.10. The molecular weight excluding hydrogens is 243 g/mol. The van der Waals surface area contributed by atoms with Gasteiger partial charge in [-0.05, 0) is 36.8 Å². The van der Waals surface area contributed by atoms with Crippen molar-refractivity contribution in [1.29, 1.82) is 0 Å². The maximum atomic E-state index is 13.3. The van der Waals surface area contributed by atoms with Crippen LogP contribution in [0.1, 0.15) is 15.9 Å². The molecule has 0 saturated heterocycles. The summed E-state index contributed by atoms with van der Waals surface area (Å²) in [7, 11) is 0. The Balaban J connectivity index is 2.19. The summed E-state index contributed by atoms with van der Waals surface area (Å²) in [6.45, 7) is 1.97. The van der Waals surface area contributed by atoms with E-state index in [9.17, 15) is 9.18 Å². The van der Waals surface area contributed by atoms with E-state index in [4.69, 9.17) is 4.42 Å². The van der Waals surface area contributed by atoms with E-state index >= 15 is 0 Å². The van der Waals surface area contributed by atoms with E-state index in [2.05, 4.69) is 0 Å². The molecule has 1 heterocycles. The molecule has 0 aliphatic heterocycles. The molecule has 0 aliphatic rings. The number of halogens is 1. The fourth-order valence-corrected chi connectivity index (χ4v) is 2.14. The first-order valence-electron chi connectivity index (χ1n) is 5.93. The van der Waals surface area contributed by atoms with Gasteiger partial charge >= 0.3 is 0 Å². The summed E-state index contributed by atoms with van der Waals surface area (Å²) in [5, 5.41) is 0.993. The first-order chi connectivity index (χ1) is 9.19. The number of para-hydroxylation sites is 1. The van der Waals surface area contributed by atoms with Gasteiger partial charge in [-0.1, -0.05) is 18.2 Å². The second-order valence-electron chi connectivity index (χ2n) is 4.46. The van der Waals surface area contributed by atoms with Crippen LogP contribution in [0.15, 0.2) is 46.9 Å². The molecule has 2 aromatic carbocycles. The van der Waals surface area contributed by atoms with Gasteiger partial charge in [0, 0.05) is 10.9 Å². The number of carbonyl (C=O) groups is 1. The minimum Gasteiger partial charge on any atom is -0.456 e. The number of furan rings is 1. The molecule has 0 spiro atoms. The van der Waals surface area contributed by atoms with E-state index < -0.39 is 5.82 Å². The van der Waals surface area contributed by atoms with Gasteiger partial charge in [0.2, 0.25) is 0 Å². The van der Waals surface area contributed by atoms with E-state index in [0.29, 0.717) is 17.6 Å². The van der Waals surface area contributed by atoms with Crippen molar-refractivity contribution in [2.24, 2.45) is 0 Å². The third-order valence-electron chi connectivity index (χ3n) is 3.15. The average molecular weight is 254 g/mol. The summed E-state index contributed by atoms with van der Waals surface area (Å²) in [5.41, 5.74) is 2.59. The average Bonchev–Trinajstić information content (AvgIpc) is 2.85. The zero-order chi connectivity index (χ0) is 13.4. The van der Waals surface area contributed by atoms with Crippen molar-refractivity contribution >= 4 is 17.3 Å². The molecule has 3 heteroatoms. The van der Waals surface area contributed by atoms with E-state index in [1.54, 1.807) is 6.07 Å². The van der Waals surface area contributed by atoms with E-state index in [1.807, 2.05) is 31.2 Å². The van der Waals surface area contributed by atoms with E-state index in [1.165, 1.54) is 12.1 Å². The summed E-state index contributed by atoms with van der Waals surface area (Å²) >= 11 is 0. The molecule has 0 N–H and O–H groups in total. The molecule has 0 amide bonds. The third kappa shape index (κ3) is 1.93. The van der Waals surface area contributed by atoms with Crippen molar-refractivity contribution in [1.82, 2.24) is 0 Å². The van der Waals surface area contributed by atoms with Crippen molar-refractivity contribution in [2.45, 2.75) is 6.92 Å². The largest absolute Gasteiger partial charge is 0.456 e. The highest BCUT2D eigenvalue weighted by molar-refractivity contribution is 5.86. The van der Waals surface area contributed by atoms with Crippen LogP contribution in [-0.2, 0) is 0 Å². The Morgan fingerprint density at radius 2 is 2.00 bits per heavy atom. The van der Waals surface area contributed by atoms with Gasteiger partial charge in [0.1, 0.15) is 17.2 Å². The van der Waals surface area contributed by atoms with Gasteiger partial charge in [0.15, 0.2) is 6.29 Å². The summed E-state index contributed by atoms with van der Waals surface area (Å²) in [6, 6.07) is 12.2. The molecule has 2 nitrogen and oxygen atoms in total. The minimum atomic E-state index is -0.522. The molecule has 0 atom stereocenters. The standard InChI is InChI=1S/C16H11FO2/c1-10-3-2-4-12-8-15(19-16(10)12)11-5-6-14(17)13(7-11)9-18/h2-9H,1H3. The Kier molecular flexibility index (Phi) is 2.67. The third-order valence-corrected chi connectivity index (χ3v) is 3.15. The first-order valence-corrected chi connectivity index (χ1v) is 5.93. The normalized spacial score (nSPS) is 10.8. The minimum absolute atomic E-state index is 0.0367. The van der Waals surface area contributed by atoms with Crippen LogP contribution in [-0.4, -0.2) is 6.29 Å². The van der Waals surface area contributed by atoms with Crippen LogP contribution >= 0.6 is 0 Å². The lowest BCUT2D eigenvalue weighted by Gasteiger charge is -1.99. The van der Waals surface area contributed by atoms with Crippen LogP contribution in [0.5, 0.6) is 0 Å². The first kappa shape index (κ1) is 11.7. The molecule has 0 radical (unpaired) electrons. The Bertz CT molecular complexity index is 772. The molecule has 19 heavy (non-hydrogen) atoms. The highest BCUT2D eigenvalue weighted by Crippen LogP contribution is 2.30. The monoisotopic (exact) mass is 254 g/mol. The van der Waals surface area contributed by atoms with Crippen molar-refractivity contribution in [2.75, 3.05) is 0 Å². The van der Waals surface area contributed by atoms with Crippen molar-refractivity contribution < 1.29 is 13.6 Å². The summed E-state index contributed by atoms with van der Waals surface area (Å²) in [6.07, 6.45) is 0.507. The maximum Gasteiger partial charge on any atom is 0.153 e. The Hall–Kier alpha value is -2.42. The molecule has 0 bridgehead atoms. The number of benzene rings is 2. The smallest absolute Gasteiger partial charge is 0.153 e. The number of hydrogen-bond acceptors (Lipinski definition) is 2. The van der Waals surface area contributed by atoms with Gasteiger partial charge in [-0.3, -0.25) is 4.79 Å². The van der Waals surface area contributed by atoms with Gasteiger partial charge in [0.25, 0.3) is 0 Å². The van der Waals surface area contributed by atoms with E-state index in [0.717, 1.165) is 16.5 Å². The number of carbonyl (C=O) groups excluding carboxylic acids is 1. The molecule has 3 aromatic rings. The molecule has 1 aromatic heterocycles. The lowest BCUT2D eigenvalue weighted by molar-refractivity contribution is 0.112. The molecule has 3 rings (SSSR count). The summed E-state index contributed by atoms with van der Waals surface area (Å²) in [5.74, 6) is 0.110. The van der Waals surface area contributed by atoms with Crippen LogP contribution in [0.2, 0.25) is 0 Å². The van der Waals surface area contributed by atoms with Crippen LogP contribution in [0.3, 0.4) is 0 Å². The molecule has 0 saturated carbocycles. The zero-order valence-corrected chi connectivity index (χ0v) is 10.3. The van der Waals surface area contributed by atoms with Gasteiger partial charge in [-0.2, -0.15) is 0 Å². The quantitative estimate of drug-likeness (QED) is 0.636. The van der Waals surface area contributed by atoms with Gasteiger partial charge < -0.3 is 4.42 Å². The summed E-state index contributed by atoms with van der Waals surface area (Å²) < 4.78 is 19.1. The molecular formula is C16H11FO2. The van der Waals surface area contributed by atoms with Crippen LogP contribution in [0, 0.1) is 12.7 Å². The predicted molar refractivity (Wildman–Crippen MR) is 71.7 cm³/mol. The predicted octanol–water partition coefficient (Wildman–Crippen LogP) is 4.36. The Morgan fingerprint density at radius 1 is 1.16 bits per heavy atom. The number of aldehydes is 1. The fraction of sp³-hybridized carbons (Fsp3) is 0.0625. The maximum absolute atomic E-state index is 13.3. The van der Waals surface area contributed by atoms with Gasteiger partial charge in [0.05, 0.1) is 5.56 Å².